The molecule has 0 atom stereocenters. The summed E-state index contributed by atoms with van der Waals surface area (Å²) < 4.78 is 13.3. The zero-order chi connectivity index (χ0) is 29.0. The van der Waals surface area contributed by atoms with Gasteiger partial charge < -0.3 is 14.4 Å². The average Bonchev–Trinajstić information content (AvgIpc) is 3.31. The fourth-order valence-corrected chi connectivity index (χ4v) is 5.39. The predicted molar refractivity (Wildman–Crippen MR) is 162 cm³/mol. The van der Waals surface area contributed by atoms with Crippen LogP contribution in [0.15, 0.2) is 42.5 Å². The molecule has 0 bridgehead atoms. The summed E-state index contributed by atoms with van der Waals surface area (Å²) in [6.45, 7) is 12.0. The molecule has 3 aromatic rings. The van der Waals surface area contributed by atoms with Gasteiger partial charge in [0.05, 0.1) is 30.5 Å². The molecule has 0 saturated carbocycles. The highest BCUT2D eigenvalue weighted by Gasteiger charge is 2.30. The third-order valence-electron chi connectivity index (χ3n) is 7.16. The minimum Gasteiger partial charge on any atom is -0.444 e. The summed E-state index contributed by atoms with van der Waals surface area (Å²) in [4.78, 5) is 17.2. The van der Waals surface area contributed by atoms with Gasteiger partial charge in [-0.3, -0.25) is 9.58 Å². The Balaban J connectivity index is 1.44. The standard InChI is InChI=1S/C32H36Cl2N4O3/c1-32(2,3)41-31(39)37-16-13-29-27(22-37)30(35-38(29)15-4-14-36-17-19-40-20-18-36)25-9-12-28(34)24(21-25)8-5-23-6-10-26(33)11-7-23/h6-7,9-12,21H,4,13-20,22H2,1-3H3. The van der Waals surface area contributed by atoms with Crippen molar-refractivity contribution in [3.8, 4) is 23.1 Å². The van der Waals surface area contributed by atoms with Gasteiger partial charge in [-0.05, 0) is 63.6 Å². The maximum Gasteiger partial charge on any atom is 0.410 e. The van der Waals surface area contributed by atoms with Crippen molar-refractivity contribution in [3.63, 3.8) is 0 Å². The first-order chi connectivity index (χ1) is 19.7. The first-order valence-electron chi connectivity index (χ1n) is 14.1. The molecule has 0 aliphatic carbocycles. The molecule has 7 nitrogen and oxygen atoms in total. The average molecular weight is 596 g/mol. The predicted octanol–water partition coefficient (Wildman–Crippen LogP) is 6.27. The van der Waals surface area contributed by atoms with E-state index in [9.17, 15) is 4.79 Å². The van der Waals surface area contributed by atoms with E-state index in [1.807, 2.05) is 63.2 Å². The molecule has 0 unspecified atom stereocenters. The molecule has 2 aliphatic rings. The molecule has 0 N–H and O–H groups in total. The van der Waals surface area contributed by atoms with Crippen molar-refractivity contribution in [1.82, 2.24) is 19.6 Å². The van der Waals surface area contributed by atoms with Crippen LogP contribution in [-0.4, -0.2) is 70.7 Å². The van der Waals surface area contributed by atoms with E-state index in [0.29, 0.717) is 23.1 Å². The number of aromatic nitrogens is 2. The second-order valence-corrected chi connectivity index (χ2v) is 12.3. The van der Waals surface area contributed by atoms with Gasteiger partial charge in [0.2, 0.25) is 0 Å². The molecule has 3 heterocycles. The Morgan fingerprint density at radius 3 is 2.51 bits per heavy atom. The van der Waals surface area contributed by atoms with Crippen molar-refractivity contribution in [2.24, 2.45) is 0 Å². The third kappa shape index (κ3) is 7.64. The molecule has 41 heavy (non-hydrogen) atoms. The Bertz CT molecular complexity index is 1440. The van der Waals surface area contributed by atoms with Gasteiger partial charge in [0.25, 0.3) is 0 Å². The Kier molecular flexibility index (Phi) is 9.25. The fraction of sp³-hybridized carbons (Fsp3) is 0.438. The van der Waals surface area contributed by atoms with Crippen molar-refractivity contribution in [2.75, 3.05) is 39.4 Å². The van der Waals surface area contributed by atoms with Gasteiger partial charge in [-0.15, -0.1) is 0 Å². The van der Waals surface area contributed by atoms with E-state index in [2.05, 4.69) is 21.4 Å². The summed E-state index contributed by atoms with van der Waals surface area (Å²) in [7, 11) is 0. The number of hydrogen-bond acceptors (Lipinski definition) is 5. The fourth-order valence-electron chi connectivity index (χ4n) is 5.10. The van der Waals surface area contributed by atoms with Crippen LogP contribution in [0.4, 0.5) is 4.79 Å². The van der Waals surface area contributed by atoms with Crippen LogP contribution in [0.3, 0.4) is 0 Å². The van der Waals surface area contributed by atoms with Gasteiger partial charge in [-0.1, -0.05) is 41.1 Å². The number of fused-ring (bicyclic) bond motifs is 1. The van der Waals surface area contributed by atoms with Crippen LogP contribution in [0.2, 0.25) is 10.0 Å². The summed E-state index contributed by atoms with van der Waals surface area (Å²) in [5.41, 5.74) is 5.01. The number of carbonyl (C=O) groups is 1. The smallest absolute Gasteiger partial charge is 0.410 e. The zero-order valence-electron chi connectivity index (χ0n) is 23.9. The van der Waals surface area contributed by atoms with E-state index in [-0.39, 0.29) is 6.09 Å². The lowest BCUT2D eigenvalue weighted by Gasteiger charge is -2.30. The minimum absolute atomic E-state index is 0.306. The summed E-state index contributed by atoms with van der Waals surface area (Å²) in [5.74, 6) is 6.39. The second-order valence-electron chi connectivity index (χ2n) is 11.4. The second kappa shape index (κ2) is 12.9. The van der Waals surface area contributed by atoms with Gasteiger partial charge in [0, 0.05) is 72.1 Å². The summed E-state index contributed by atoms with van der Waals surface area (Å²) in [6, 6.07) is 13.2. The number of carbonyl (C=O) groups excluding carboxylic acids is 1. The van der Waals surface area contributed by atoms with Crippen LogP contribution in [0, 0.1) is 11.8 Å². The van der Waals surface area contributed by atoms with E-state index < -0.39 is 5.60 Å². The monoisotopic (exact) mass is 594 g/mol. The summed E-state index contributed by atoms with van der Waals surface area (Å²) >= 11 is 12.6. The van der Waals surface area contributed by atoms with Crippen molar-refractivity contribution in [3.05, 3.63) is 74.9 Å². The van der Waals surface area contributed by atoms with Crippen LogP contribution in [0.5, 0.6) is 0 Å². The Labute approximate surface area is 252 Å². The van der Waals surface area contributed by atoms with Crippen molar-refractivity contribution >= 4 is 29.3 Å². The molecule has 2 aromatic carbocycles. The summed E-state index contributed by atoms with van der Waals surface area (Å²) in [6.07, 6.45) is 1.40. The molecular formula is C32H36Cl2N4O3. The maximum atomic E-state index is 13.0. The van der Waals surface area contributed by atoms with E-state index in [1.54, 1.807) is 4.90 Å². The highest BCUT2D eigenvalue weighted by Crippen LogP contribution is 2.33. The first-order valence-corrected chi connectivity index (χ1v) is 14.9. The third-order valence-corrected chi connectivity index (χ3v) is 7.74. The van der Waals surface area contributed by atoms with E-state index in [0.717, 1.165) is 80.2 Å². The van der Waals surface area contributed by atoms with E-state index in [1.165, 1.54) is 5.69 Å². The minimum atomic E-state index is -0.558. The molecule has 216 valence electrons. The number of aryl methyl sites for hydroxylation is 1. The lowest BCUT2D eigenvalue weighted by Crippen LogP contribution is -2.40. The number of amides is 1. The molecule has 1 aromatic heterocycles. The number of ether oxygens (including phenoxy) is 2. The summed E-state index contributed by atoms with van der Waals surface area (Å²) in [5, 5.41) is 6.34. The molecule has 0 spiro atoms. The lowest BCUT2D eigenvalue weighted by molar-refractivity contribution is 0.0222. The Morgan fingerprint density at radius 1 is 1.02 bits per heavy atom. The highest BCUT2D eigenvalue weighted by atomic mass is 35.5. The normalized spacial score (nSPS) is 15.7. The van der Waals surface area contributed by atoms with Crippen molar-refractivity contribution < 1.29 is 14.3 Å². The van der Waals surface area contributed by atoms with Gasteiger partial charge in [-0.2, -0.15) is 5.10 Å². The topological polar surface area (TPSA) is 59.8 Å². The van der Waals surface area contributed by atoms with Gasteiger partial charge in [0.15, 0.2) is 0 Å². The van der Waals surface area contributed by atoms with Crippen molar-refractivity contribution in [1.29, 1.82) is 0 Å². The largest absolute Gasteiger partial charge is 0.444 e. The van der Waals surface area contributed by atoms with Crippen LogP contribution < -0.4 is 0 Å². The zero-order valence-corrected chi connectivity index (χ0v) is 25.4. The molecule has 0 radical (unpaired) electrons. The quantitative estimate of drug-likeness (QED) is 0.326. The van der Waals surface area contributed by atoms with Crippen LogP contribution >= 0.6 is 23.2 Å². The molecule has 1 amide bonds. The molecule has 1 saturated heterocycles. The van der Waals surface area contributed by atoms with Crippen LogP contribution in [0.1, 0.15) is 49.6 Å². The maximum absolute atomic E-state index is 13.0. The first kappa shape index (κ1) is 29.5. The number of morpholine rings is 1. The highest BCUT2D eigenvalue weighted by molar-refractivity contribution is 6.32. The van der Waals surface area contributed by atoms with Gasteiger partial charge in [0.1, 0.15) is 5.60 Å². The molecule has 2 aliphatic heterocycles. The molecule has 5 rings (SSSR count). The number of rotatable bonds is 5. The Morgan fingerprint density at radius 2 is 1.78 bits per heavy atom. The van der Waals surface area contributed by atoms with Crippen LogP contribution in [-0.2, 0) is 29.0 Å². The molecule has 9 heteroatoms. The van der Waals surface area contributed by atoms with E-state index in [4.69, 9.17) is 37.8 Å². The Hall–Kier alpha value is -3.02. The van der Waals surface area contributed by atoms with Crippen molar-refractivity contribution in [2.45, 2.75) is 52.3 Å². The SMILES string of the molecule is CC(C)(C)OC(=O)N1CCc2c(c(-c3ccc(Cl)c(C#Cc4ccc(Cl)cc4)c3)nn2CCCN2CCOCC2)C1. The van der Waals surface area contributed by atoms with Crippen LogP contribution in [0.25, 0.3) is 11.3 Å². The van der Waals surface area contributed by atoms with Gasteiger partial charge in [-0.25, -0.2) is 4.79 Å². The number of halogens is 2. The molecular weight excluding hydrogens is 559 g/mol. The number of hydrogen-bond donors (Lipinski definition) is 0. The number of benzene rings is 2. The molecule has 1 fully saturated rings. The number of nitrogens with zero attached hydrogens (tertiary/aromatic N) is 4. The van der Waals surface area contributed by atoms with E-state index >= 15 is 0 Å². The van der Waals surface area contributed by atoms with Gasteiger partial charge >= 0.3 is 6.09 Å². The lowest BCUT2D eigenvalue weighted by atomic mass is 9.99.